The third kappa shape index (κ3) is 4.26. The van der Waals surface area contributed by atoms with E-state index in [-0.39, 0.29) is 17.3 Å². The minimum absolute atomic E-state index is 0.263. The Kier molecular flexibility index (Phi) is 6.21. The van der Waals surface area contributed by atoms with Gasteiger partial charge in [0.1, 0.15) is 11.5 Å². The molecular weight excluding hydrogens is 329 g/mol. The van der Waals surface area contributed by atoms with Gasteiger partial charge in [0.25, 0.3) is 5.91 Å². The van der Waals surface area contributed by atoms with Gasteiger partial charge in [-0.1, -0.05) is 19.8 Å². The Labute approximate surface area is 144 Å². The maximum atomic E-state index is 13.3. The summed E-state index contributed by atoms with van der Waals surface area (Å²) in [6.07, 6.45) is 7.41. The van der Waals surface area contributed by atoms with Crippen molar-refractivity contribution >= 4 is 28.1 Å². The lowest BCUT2D eigenvalue weighted by molar-refractivity contribution is 0.0948. The minimum atomic E-state index is -0.546. The fourth-order valence-corrected chi connectivity index (χ4v) is 2.97. The van der Waals surface area contributed by atoms with Crippen molar-refractivity contribution in [3.8, 4) is 6.19 Å². The van der Waals surface area contributed by atoms with Crippen LogP contribution in [0.25, 0.3) is 0 Å². The number of pyridine rings is 1. The molecule has 2 rings (SSSR count). The van der Waals surface area contributed by atoms with E-state index in [1.165, 1.54) is 23.6 Å². The Bertz CT molecular complexity index is 755. The molecule has 0 atom stereocenters. The van der Waals surface area contributed by atoms with Gasteiger partial charge in [0.05, 0.1) is 18.1 Å². The summed E-state index contributed by atoms with van der Waals surface area (Å²) in [6.45, 7) is 4.45. The molecule has 2 aromatic heterocycles. The van der Waals surface area contributed by atoms with Gasteiger partial charge in [0.15, 0.2) is 6.19 Å². The zero-order valence-corrected chi connectivity index (χ0v) is 14.4. The first-order chi connectivity index (χ1) is 11.6. The van der Waals surface area contributed by atoms with Crippen LogP contribution in [0, 0.1) is 24.2 Å². The summed E-state index contributed by atoms with van der Waals surface area (Å²) >= 11 is 1.20. The molecule has 0 saturated heterocycles. The third-order valence-electron chi connectivity index (χ3n) is 3.31. The highest BCUT2D eigenvalue weighted by atomic mass is 32.1. The summed E-state index contributed by atoms with van der Waals surface area (Å²) in [5, 5.41) is 12.5. The van der Waals surface area contributed by atoms with Gasteiger partial charge < -0.3 is 5.32 Å². The number of rotatable bonds is 7. The van der Waals surface area contributed by atoms with Gasteiger partial charge in [-0.05, 0) is 13.3 Å². The number of carbonyl (C=O) groups is 1. The predicted octanol–water partition coefficient (Wildman–Crippen LogP) is 3.52. The Morgan fingerprint density at radius 1 is 1.46 bits per heavy atom. The number of aromatic nitrogens is 2. The van der Waals surface area contributed by atoms with Crippen LogP contribution < -0.4 is 10.2 Å². The van der Waals surface area contributed by atoms with Gasteiger partial charge in [0, 0.05) is 17.5 Å². The molecule has 1 N–H and O–H groups in total. The van der Waals surface area contributed by atoms with Crippen LogP contribution in [-0.2, 0) is 0 Å². The number of carbonyl (C=O) groups excluding carboxylic acids is 1. The molecule has 0 aromatic carbocycles. The standard InChI is InChI=1S/C16H18FN5OS/c1-3-4-5-6-20-15(23)14-11(2)24-16(21-14)22(10-18)13-7-12(17)8-19-9-13/h7-9H,3-6H2,1-2H3,(H,20,23). The predicted molar refractivity (Wildman–Crippen MR) is 90.7 cm³/mol. The third-order valence-corrected chi connectivity index (χ3v) is 4.26. The Hall–Kier alpha value is -2.53. The summed E-state index contributed by atoms with van der Waals surface area (Å²) < 4.78 is 13.3. The quantitative estimate of drug-likeness (QED) is 0.471. The Balaban J connectivity index is 2.17. The number of nitrogens with zero attached hydrogens (tertiary/aromatic N) is 4. The van der Waals surface area contributed by atoms with Crippen LogP contribution in [0.1, 0.15) is 41.6 Å². The van der Waals surface area contributed by atoms with E-state index in [1.807, 2.05) is 6.19 Å². The number of aryl methyl sites for hydroxylation is 1. The van der Waals surface area contributed by atoms with Crippen molar-refractivity contribution in [1.82, 2.24) is 15.3 Å². The number of hydrogen-bond donors (Lipinski definition) is 1. The van der Waals surface area contributed by atoms with E-state index in [2.05, 4.69) is 22.2 Å². The molecular formula is C16H18FN5OS. The van der Waals surface area contributed by atoms with E-state index in [0.717, 1.165) is 30.4 Å². The first-order valence-corrected chi connectivity index (χ1v) is 8.44. The summed E-state index contributed by atoms with van der Waals surface area (Å²) in [7, 11) is 0. The van der Waals surface area contributed by atoms with E-state index in [0.29, 0.717) is 16.6 Å². The molecule has 8 heteroatoms. The largest absolute Gasteiger partial charge is 0.351 e. The lowest BCUT2D eigenvalue weighted by Crippen LogP contribution is -2.25. The van der Waals surface area contributed by atoms with Crippen LogP contribution in [0.15, 0.2) is 18.5 Å². The lowest BCUT2D eigenvalue weighted by Gasteiger charge is -2.11. The fraction of sp³-hybridized carbons (Fsp3) is 0.375. The number of halogens is 1. The molecule has 0 aliphatic carbocycles. The second-order valence-electron chi connectivity index (χ2n) is 5.16. The monoisotopic (exact) mass is 347 g/mol. The zero-order chi connectivity index (χ0) is 17.5. The van der Waals surface area contributed by atoms with Crippen molar-refractivity contribution in [2.24, 2.45) is 0 Å². The van der Waals surface area contributed by atoms with Gasteiger partial charge in [-0.15, -0.1) is 11.3 Å². The molecule has 126 valence electrons. The number of unbranched alkanes of at least 4 members (excludes halogenated alkanes) is 2. The van der Waals surface area contributed by atoms with E-state index in [1.54, 1.807) is 6.92 Å². The number of hydrogen-bond acceptors (Lipinski definition) is 6. The van der Waals surface area contributed by atoms with E-state index >= 15 is 0 Å². The smallest absolute Gasteiger partial charge is 0.271 e. The molecule has 6 nitrogen and oxygen atoms in total. The fourth-order valence-electron chi connectivity index (χ4n) is 2.08. The highest BCUT2D eigenvalue weighted by Crippen LogP contribution is 2.30. The highest BCUT2D eigenvalue weighted by Gasteiger charge is 2.20. The van der Waals surface area contributed by atoms with Gasteiger partial charge in [-0.2, -0.15) is 5.26 Å². The molecule has 1 amide bonds. The van der Waals surface area contributed by atoms with Crippen LogP contribution in [-0.4, -0.2) is 22.4 Å². The average molecular weight is 347 g/mol. The molecule has 0 aliphatic rings. The number of amides is 1. The van der Waals surface area contributed by atoms with Gasteiger partial charge >= 0.3 is 0 Å². The van der Waals surface area contributed by atoms with Gasteiger partial charge in [-0.3, -0.25) is 9.78 Å². The molecule has 0 radical (unpaired) electrons. The van der Waals surface area contributed by atoms with E-state index in [4.69, 9.17) is 0 Å². The number of nitrogens with one attached hydrogen (secondary N) is 1. The Morgan fingerprint density at radius 3 is 2.92 bits per heavy atom. The topological polar surface area (TPSA) is 81.9 Å². The van der Waals surface area contributed by atoms with Crippen LogP contribution in [0.4, 0.5) is 15.2 Å². The highest BCUT2D eigenvalue weighted by molar-refractivity contribution is 7.16. The van der Waals surface area contributed by atoms with Crippen molar-refractivity contribution < 1.29 is 9.18 Å². The van der Waals surface area contributed by atoms with Crippen LogP contribution >= 0.6 is 11.3 Å². The molecule has 0 fully saturated rings. The molecule has 0 aliphatic heterocycles. The van der Waals surface area contributed by atoms with Crippen LogP contribution in [0.3, 0.4) is 0 Å². The molecule has 2 aromatic rings. The Morgan fingerprint density at radius 2 is 2.25 bits per heavy atom. The lowest BCUT2D eigenvalue weighted by atomic mass is 10.2. The number of anilines is 2. The molecule has 0 saturated carbocycles. The molecule has 0 spiro atoms. The summed E-state index contributed by atoms with van der Waals surface area (Å²) in [5.74, 6) is -0.809. The van der Waals surface area contributed by atoms with Crippen LogP contribution in [0.5, 0.6) is 0 Å². The second-order valence-corrected chi connectivity index (χ2v) is 6.34. The summed E-state index contributed by atoms with van der Waals surface area (Å²) in [4.78, 5) is 22.0. The van der Waals surface area contributed by atoms with Crippen molar-refractivity contribution in [3.63, 3.8) is 0 Å². The zero-order valence-electron chi connectivity index (χ0n) is 13.5. The van der Waals surface area contributed by atoms with E-state index in [9.17, 15) is 14.4 Å². The van der Waals surface area contributed by atoms with E-state index < -0.39 is 5.82 Å². The maximum Gasteiger partial charge on any atom is 0.271 e. The summed E-state index contributed by atoms with van der Waals surface area (Å²) in [5.41, 5.74) is 0.553. The SMILES string of the molecule is CCCCCNC(=O)c1nc(N(C#N)c2cncc(F)c2)sc1C. The number of thiazole rings is 1. The van der Waals surface area contributed by atoms with Crippen LogP contribution in [0.2, 0.25) is 0 Å². The van der Waals surface area contributed by atoms with Crippen molar-refractivity contribution in [3.05, 3.63) is 34.8 Å². The first kappa shape index (κ1) is 17.8. The second kappa shape index (κ2) is 8.36. The van der Waals surface area contributed by atoms with Crippen molar-refractivity contribution in [2.75, 3.05) is 11.4 Å². The van der Waals surface area contributed by atoms with Crippen molar-refractivity contribution in [2.45, 2.75) is 33.1 Å². The molecule has 0 bridgehead atoms. The van der Waals surface area contributed by atoms with Gasteiger partial charge in [0.2, 0.25) is 5.13 Å². The normalized spacial score (nSPS) is 10.2. The maximum absolute atomic E-state index is 13.3. The number of nitriles is 1. The minimum Gasteiger partial charge on any atom is -0.351 e. The van der Waals surface area contributed by atoms with Crippen molar-refractivity contribution in [1.29, 1.82) is 5.26 Å². The molecule has 0 unspecified atom stereocenters. The average Bonchev–Trinajstić information content (AvgIpc) is 2.94. The first-order valence-electron chi connectivity index (χ1n) is 7.62. The summed E-state index contributed by atoms with van der Waals surface area (Å²) in [6, 6.07) is 1.19. The van der Waals surface area contributed by atoms with Gasteiger partial charge in [-0.25, -0.2) is 14.3 Å². The molecule has 24 heavy (non-hydrogen) atoms. The molecule has 2 heterocycles.